The Morgan fingerprint density at radius 3 is 2.53 bits per heavy atom. The van der Waals surface area contributed by atoms with E-state index in [0.29, 0.717) is 6.04 Å². The molecule has 1 aliphatic heterocycles. The second kappa shape index (κ2) is 5.36. The molecule has 0 aromatic rings. The average molecular weight is 240 g/mol. The molecule has 0 spiro atoms. The van der Waals surface area contributed by atoms with E-state index in [4.69, 9.17) is 4.74 Å². The van der Waals surface area contributed by atoms with Crippen LogP contribution in [-0.2, 0) is 9.53 Å². The summed E-state index contributed by atoms with van der Waals surface area (Å²) in [6.07, 6.45) is 5.50. The molecule has 0 unspecified atom stereocenters. The molecule has 0 bridgehead atoms. The third-order valence-corrected chi connectivity index (χ3v) is 4.38. The van der Waals surface area contributed by atoms with E-state index in [2.05, 4.69) is 17.3 Å². The van der Waals surface area contributed by atoms with Gasteiger partial charge in [0.15, 0.2) is 0 Å². The van der Waals surface area contributed by atoms with Gasteiger partial charge in [0, 0.05) is 12.6 Å². The highest BCUT2D eigenvalue weighted by molar-refractivity contribution is 5.78. The van der Waals surface area contributed by atoms with E-state index >= 15 is 0 Å². The Labute approximate surface area is 104 Å². The molecular formula is C13H24N2O2. The van der Waals surface area contributed by atoms with E-state index in [0.717, 1.165) is 38.9 Å². The van der Waals surface area contributed by atoms with Crippen molar-refractivity contribution < 1.29 is 9.53 Å². The highest BCUT2D eigenvalue weighted by Crippen LogP contribution is 2.41. The lowest BCUT2D eigenvalue weighted by molar-refractivity contribution is -0.158. The quantitative estimate of drug-likeness (QED) is 0.745. The van der Waals surface area contributed by atoms with E-state index in [-0.39, 0.29) is 11.4 Å². The van der Waals surface area contributed by atoms with Gasteiger partial charge in [0.2, 0.25) is 0 Å². The zero-order chi connectivity index (χ0) is 12.3. The summed E-state index contributed by atoms with van der Waals surface area (Å²) in [7, 11) is 3.66. The minimum absolute atomic E-state index is 0.0239. The monoisotopic (exact) mass is 240 g/mol. The molecule has 17 heavy (non-hydrogen) atoms. The standard InChI is InChI=1S/C13H24N2O2/c1-15-8-4-11(5-9-15)14-10-13(6-3-7-13)12(16)17-2/h11,14H,3-10H2,1-2H3. The number of esters is 1. The highest BCUT2D eigenvalue weighted by atomic mass is 16.5. The SMILES string of the molecule is COC(=O)C1(CNC2CCN(C)CC2)CCC1. The molecule has 0 aromatic heterocycles. The number of rotatable bonds is 4. The number of nitrogens with one attached hydrogen (secondary N) is 1. The lowest BCUT2D eigenvalue weighted by Crippen LogP contribution is -2.51. The Morgan fingerprint density at radius 2 is 2.06 bits per heavy atom. The van der Waals surface area contributed by atoms with Crippen LogP contribution in [0.4, 0.5) is 0 Å². The first-order valence-electron chi connectivity index (χ1n) is 6.67. The summed E-state index contributed by atoms with van der Waals surface area (Å²) in [4.78, 5) is 14.1. The Bertz CT molecular complexity index is 269. The lowest BCUT2D eigenvalue weighted by Gasteiger charge is -2.41. The van der Waals surface area contributed by atoms with Crippen LogP contribution in [0.5, 0.6) is 0 Å². The Balaban J connectivity index is 1.78. The van der Waals surface area contributed by atoms with Crippen molar-refractivity contribution in [1.29, 1.82) is 0 Å². The lowest BCUT2D eigenvalue weighted by atomic mass is 9.68. The molecule has 4 nitrogen and oxygen atoms in total. The predicted molar refractivity (Wildman–Crippen MR) is 66.8 cm³/mol. The topological polar surface area (TPSA) is 41.6 Å². The zero-order valence-corrected chi connectivity index (χ0v) is 11.0. The van der Waals surface area contributed by atoms with E-state index < -0.39 is 0 Å². The van der Waals surface area contributed by atoms with Crippen LogP contribution in [0, 0.1) is 5.41 Å². The van der Waals surface area contributed by atoms with Crippen LogP contribution in [0.2, 0.25) is 0 Å². The van der Waals surface area contributed by atoms with Crippen LogP contribution in [-0.4, -0.2) is 50.7 Å². The number of nitrogens with zero attached hydrogens (tertiary/aromatic N) is 1. The van der Waals surface area contributed by atoms with Crippen molar-refractivity contribution >= 4 is 5.97 Å². The largest absolute Gasteiger partial charge is 0.469 e. The van der Waals surface area contributed by atoms with Crippen LogP contribution in [0.15, 0.2) is 0 Å². The van der Waals surface area contributed by atoms with Gasteiger partial charge in [0.05, 0.1) is 12.5 Å². The fourth-order valence-corrected chi connectivity index (χ4v) is 2.83. The van der Waals surface area contributed by atoms with Gasteiger partial charge in [-0.05, 0) is 45.8 Å². The molecule has 1 saturated heterocycles. The van der Waals surface area contributed by atoms with Crippen molar-refractivity contribution in [2.24, 2.45) is 5.41 Å². The first-order valence-corrected chi connectivity index (χ1v) is 6.67. The number of methoxy groups -OCH3 is 1. The van der Waals surface area contributed by atoms with Crippen LogP contribution < -0.4 is 5.32 Å². The maximum absolute atomic E-state index is 11.8. The van der Waals surface area contributed by atoms with Crippen molar-refractivity contribution in [3.63, 3.8) is 0 Å². The molecule has 2 rings (SSSR count). The van der Waals surface area contributed by atoms with E-state index in [9.17, 15) is 4.79 Å². The van der Waals surface area contributed by atoms with Crippen molar-refractivity contribution in [2.75, 3.05) is 33.8 Å². The first kappa shape index (κ1) is 12.8. The van der Waals surface area contributed by atoms with Crippen LogP contribution in [0.1, 0.15) is 32.1 Å². The number of piperidine rings is 1. The second-order valence-electron chi connectivity index (χ2n) is 5.58. The summed E-state index contributed by atoms with van der Waals surface area (Å²) < 4.78 is 4.93. The average Bonchev–Trinajstić information content (AvgIpc) is 2.29. The van der Waals surface area contributed by atoms with Crippen LogP contribution >= 0.6 is 0 Å². The molecule has 98 valence electrons. The van der Waals surface area contributed by atoms with Gasteiger partial charge in [-0.3, -0.25) is 4.79 Å². The Hall–Kier alpha value is -0.610. The van der Waals surface area contributed by atoms with Gasteiger partial charge < -0.3 is 15.0 Å². The normalized spacial score (nSPS) is 25.3. The molecule has 0 aromatic carbocycles. The summed E-state index contributed by atoms with van der Waals surface area (Å²) in [6.45, 7) is 3.11. The summed E-state index contributed by atoms with van der Waals surface area (Å²) in [5.41, 5.74) is -0.210. The van der Waals surface area contributed by atoms with E-state index in [1.165, 1.54) is 20.0 Å². The van der Waals surface area contributed by atoms with Gasteiger partial charge in [-0.25, -0.2) is 0 Å². The summed E-state index contributed by atoms with van der Waals surface area (Å²) in [5, 5.41) is 3.57. The zero-order valence-electron chi connectivity index (χ0n) is 11.0. The molecule has 4 heteroatoms. The number of hydrogen-bond acceptors (Lipinski definition) is 4. The van der Waals surface area contributed by atoms with Crippen molar-refractivity contribution in [1.82, 2.24) is 10.2 Å². The predicted octanol–water partition coefficient (Wildman–Crippen LogP) is 1.01. The third kappa shape index (κ3) is 2.80. The summed E-state index contributed by atoms with van der Waals surface area (Å²) in [5.74, 6) is -0.0239. The van der Waals surface area contributed by atoms with Gasteiger partial charge in [0.1, 0.15) is 0 Å². The first-order chi connectivity index (χ1) is 8.16. The van der Waals surface area contributed by atoms with Crippen molar-refractivity contribution in [2.45, 2.75) is 38.1 Å². The highest BCUT2D eigenvalue weighted by Gasteiger charge is 2.45. The second-order valence-corrected chi connectivity index (χ2v) is 5.58. The van der Waals surface area contributed by atoms with Crippen molar-refractivity contribution in [3.05, 3.63) is 0 Å². The molecule has 0 radical (unpaired) electrons. The van der Waals surface area contributed by atoms with Crippen molar-refractivity contribution in [3.8, 4) is 0 Å². The fraction of sp³-hybridized carbons (Fsp3) is 0.923. The molecule has 0 atom stereocenters. The minimum atomic E-state index is -0.210. The number of likely N-dealkylation sites (tertiary alicyclic amines) is 1. The molecule has 0 amide bonds. The Morgan fingerprint density at radius 1 is 1.41 bits per heavy atom. The van der Waals surface area contributed by atoms with Crippen LogP contribution in [0.3, 0.4) is 0 Å². The summed E-state index contributed by atoms with van der Waals surface area (Å²) in [6, 6.07) is 0.577. The Kier molecular flexibility index (Phi) is 4.05. The van der Waals surface area contributed by atoms with Gasteiger partial charge in [-0.1, -0.05) is 6.42 Å². The molecular weight excluding hydrogens is 216 g/mol. The number of carbonyl (C=O) groups is 1. The van der Waals surface area contributed by atoms with Crippen LogP contribution in [0.25, 0.3) is 0 Å². The minimum Gasteiger partial charge on any atom is -0.469 e. The van der Waals surface area contributed by atoms with E-state index in [1.54, 1.807) is 0 Å². The molecule has 1 heterocycles. The molecule has 2 fully saturated rings. The molecule has 1 saturated carbocycles. The fourth-order valence-electron chi connectivity index (χ4n) is 2.83. The maximum Gasteiger partial charge on any atom is 0.313 e. The molecule has 2 aliphatic rings. The van der Waals surface area contributed by atoms with Gasteiger partial charge in [0.25, 0.3) is 0 Å². The van der Waals surface area contributed by atoms with E-state index in [1.807, 2.05) is 0 Å². The summed E-state index contributed by atoms with van der Waals surface area (Å²) >= 11 is 0. The third-order valence-electron chi connectivity index (χ3n) is 4.38. The van der Waals surface area contributed by atoms with Gasteiger partial charge >= 0.3 is 5.97 Å². The molecule has 1 aliphatic carbocycles. The number of hydrogen-bond donors (Lipinski definition) is 1. The number of carbonyl (C=O) groups excluding carboxylic acids is 1. The maximum atomic E-state index is 11.8. The van der Waals surface area contributed by atoms with Gasteiger partial charge in [-0.2, -0.15) is 0 Å². The number of ether oxygens (including phenoxy) is 1. The molecule has 1 N–H and O–H groups in total. The van der Waals surface area contributed by atoms with Gasteiger partial charge in [-0.15, -0.1) is 0 Å². The smallest absolute Gasteiger partial charge is 0.313 e.